The van der Waals surface area contributed by atoms with Gasteiger partial charge in [0, 0.05) is 37.8 Å². The van der Waals surface area contributed by atoms with Gasteiger partial charge in [0.25, 0.3) is 5.91 Å². The minimum atomic E-state index is 0.0310. The third kappa shape index (κ3) is 2.62. The van der Waals surface area contributed by atoms with Crippen molar-refractivity contribution >= 4 is 11.8 Å². The lowest BCUT2D eigenvalue weighted by molar-refractivity contribution is -0.144. The molecule has 3 aliphatic heterocycles. The van der Waals surface area contributed by atoms with Crippen LogP contribution in [0.15, 0.2) is 6.07 Å². The lowest BCUT2D eigenvalue weighted by Crippen LogP contribution is -2.61. The van der Waals surface area contributed by atoms with Gasteiger partial charge in [-0.05, 0) is 43.1 Å². The minimum absolute atomic E-state index is 0.0310. The van der Waals surface area contributed by atoms with Crippen molar-refractivity contribution in [2.45, 2.75) is 51.5 Å². The van der Waals surface area contributed by atoms with Gasteiger partial charge in [-0.15, -0.1) is 0 Å². The summed E-state index contributed by atoms with van der Waals surface area (Å²) in [6.07, 6.45) is 3.93. The van der Waals surface area contributed by atoms with Crippen LogP contribution in [-0.4, -0.2) is 57.5 Å². The summed E-state index contributed by atoms with van der Waals surface area (Å²) in [4.78, 5) is 29.1. The van der Waals surface area contributed by atoms with E-state index < -0.39 is 0 Å². The normalized spacial score (nSPS) is 29.8. The molecule has 3 aliphatic rings. The predicted molar refractivity (Wildman–Crippen MR) is 89.5 cm³/mol. The Labute approximate surface area is 142 Å². The van der Waals surface area contributed by atoms with Gasteiger partial charge in [-0.3, -0.25) is 14.7 Å². The second kappa shape index (κ2) is 5.90. The third-order valence-corrected chi connectivity index (χ3v) is 5.91. The molecule has 4 rings (SSSR count). The highest BCUT2D eigenvalue weighted by atomic mass is 16.2. The van der Waals surface area contributed by atoms with Crippen LogP contribution in [0.3, 0.4) is 0 Å². The zero-order valence-electron chi connectivity index (χ0n) is 14.5. The molecule has 3 saturated heterocycles. The van der Waals surface area contributed by atoms with Crippen LogP contribution in [0.1, 0.15) is 61.6 Å². The van der Waals surface area contributed by atoms with Crippen molar-refractivity contribution in [3.8, 4) is 0 Å². The summed E-state index contributed by atoms with van der Waals surface area (Å²) < 4.78 is 0. The number of nitrogens with zero attached hydrogens (tertiary/aromatic N) is 3. The Morgan fingerprint density at radius 2 is 2.17 bits per heavy atom. The van der Waals surface area contributed by atoms with Crippen LogP contribution in [0, 0.1) is 11.8 Å². The van der Waals surface area contributed by atoms with Gasteiger partial charge < -0.3 is 9.80 Å². The van der Waals surface area contributed by atoms with Gasteiger partial charge in [0.2, 0.25) is 5.91 Å². The van der Waals surface area contributed by atoms with Gasteiger partial charge in [-0.1, -0.05) is 13.8 Å². The van der Waals surface area contributed by atoms with Crippen LogP contribution in [0.2, 0.25) is 0 Å². The number of fused-ring (bicyclic) bond motifs is 4. The Hall–Kier alpha value is -1.85. The Bertz CT molecular complexity index is 653. The van der Waals surface area contributed by atoms with Crippen LogP contribution in [-0.2, 0) is 4.79 Å². The highest BCUT2D eigenvalue weighted by Crippen LogP contribution is 2.38. The van der Waals surface area contributed by atoms with E-state index in [4.69, 9.17) is 0 Å². The largest absolute Gasteiger partial charge is 0.339 e. The number of likely N-dealkylation sites (tertiary alicyclic amines) is 1. The van der Waals surface area contributed by atoms with Crippen molar-refractivity contribution in [2.75, 3.05) is 19.6 Å². The summed E-state index contributed by atoms with van der Waals surface area (Å²) in [7, 11) is 0. The number of amides is 2. The zero-order valence-corrected chi connectivity index (χ0v) is 14.5. The first-order valence-corrected chi connectivity index (χ1v) is 9.17. The van der Waals surface area contributed by atoms with Crippen molar-refractivity contribution in [3.63, 3.8) is 0 Å². The summed E-state index contributed by atoms with van der Waals surface area (Å²) in [5.41, 5.74) is 1.52. The maximum absolute atomic E-state index is 12.9. The molecule has 6 nitrogen and oxygen atoms in total. The van der Waals surface area contributed by atoms with Crippen LogP contribution in [0.25, 0.3) is 0 Å². The molecule has 24 heavy (non-hydrogen) atoms. The fraction of sp³-hybridized carbons (Fsp3) is 0.722. The van der Waals surface area contributed by atoms with Gasteiger partial charge in [0.1, 0.15) is 5.69 Å². The number of hydrogen-bond donors (Lipinski definition) is 1. The molecule has 2 amide bonds. The number of aromatic nitrogens is 2. The molecule has 130 valence electrons. The van der Waals surface area contributed by atoms with Crippen molar-refractivity contribution in [3.05, 3.63) is 17.5 Å². The number of hydrogen-bond acceptors (Lipinski definition) is 3. The first-order valence-electron chi connectivity index (χ1n) is 9.17. The highest BCUT2D eigenvalue weighted by Gasteiger charge is 2.45. The van der Waals surface area contributed by atoms with E-state index in [0.717, 1.165) is 44.6 Å². The number of H-pyrrole nitrogens is 1. The van der Waals surface area contributed by atoms with E-state index in [9.17, 15) is 9.59 Å². The van der Waals surface area contributed by atoms with E-state index in [1.54, 1.807) is 0 Å². The quantitative estimate of drug-likeness (QED) is 0.902. The second-order valence-electron chi connectivity index (χ2n) is 7.94. The van der Waals surface area contributed by atoms with Gasteiger partial charge >= 0.3 is 0 Å². The number of piperidine rings is 3. The average Bonchev–Trinajstić information content (AvgIpc) is 3.05. The molecule has 0 aliphatic carbocycles. The second-order valence-corrected chi connectivity index (χ2v) is 7.94. The molecule has 3 fully saturated rings. The summed E-state index contributed by atoms with van der Waals surface area (Å²) in [5, 5.41) is 7.20. The molecule has 0 radical (unpaired) electrons. The Balaban J connectivity index is 1.50. The van der Waals surface area contributed by atoms with Gasteiger partial charge in [0.15, 0.2) is 0 Å². The Morgan fingerprint density at radius 3 is 2.92 bits per heavy atom. The van der Waals surface area contributed by atoms with Crippen LogP contribution in [0.5, 0.6) is 0 Å². The van der Waals surface area contributed by atoms with E-state index in [1.807, 2.05) is 11.0 Å². The van der Waals surface area contributed by atoms with E-state index in [-0.39, 0.29) is 5.91 Å². The SMILES string of the molecule is CC(C)c1cc(C(=O)N2C[C@@H]3C[C@H](C2)[C@@H]2CCCC(=O)N2C3)n[nH]1. The number of carbonyl (C=O) groups is 2. The first kappa shape index (κ1) is 15.7. The van der Waals surface area contributed by atoms with E-state index >= 15 is 0 Å². The van der Waals surface area contributed by atoms with Crippen molar-refractivity contribution < 1.29 is 9.59 Å². The highest BCUT2D eigenvalue weighted by molar-refractivity contribution is 5.92. The van der Waals surface area contributed by atoms with Gasteiger partial charge in [0.05, 0.1) is 0 Å². The van der Waals surface area contributed by atoms with Gasteiger partial charge in [-0.2, -0.15) is 5.10 Å². The molecule has 0 saturated carbocycles. The number of carbonyl (C=O) groups excluding carboxylic acids is 2. The molecule has 1 aromatic heterocycles. The van der Waals surface area contributed by atoms with Gasteiger partial charge in [-0.25, -0.2) is 0 Å². The average molecular weight is 330 g/mol. The lowest BCUT2D eigenvalue weighted by Gasteiger charge is -2.52. The fourth-order valence-electron chi connectivity index (χ4n) is 4.68. The number of aromatic amines is 1. The van der Waals surface area contributed by atoms with Crippen molar-refractivity contribution in [1.82, 2.24) is 20.0 Å². The molecular weight excluding hydrogens is 304 g/mol. The molecule has 1 N–H and O–H groups in total. The summed E-state index contributed by atoms with van der Waals surface area (Å²) >= 11 is 0. The Kier molecular flexibility index (Phi) is 3.85. The van der Waals surface area contributed by atoms with Crippen LogP contribution >= 0.6 is 0 Å². The van der Waals surface area contributed by atoms with Crippen LogP contribution < -0.4 is 0 Å². The van der Waals surface area contributed by atoms with E-state index in [0.29, 0.717) is 41.8 Å². The smallest absolute Gasteiger partial charge is 0.274 e. The Morgan fingerprint density at radius 1 is 1.33 bits per heavy atom. The maximum Gasteiger partial charge on any atom is 0.274 e. The molecule has 0 aromatic carbocycles. The topological polar surface area (TPSA) is 69.3 Å². The molecular formula is C18H26N4O2. The van der Waals surface area contributed by atoms with Crippen LogP contribution in [0.4, 0.5) is 0 Å². The maximum atomic E-state index is 12.9. The number of nitrogens with one attached hydrogen (secondary N) is 1. The zero-order chi connectivity index (χ0) is 16.8. The standard InChI is InChI=1S/C18H26N4O2/c1-11(2)14-7-15(20-19-14)18(24)21-8-12-6-13(10-21)16-4-3-5-17(23)22(16)9-12/h7,11-13,16H,3-6,8-10H2,1-2H3,(H,19,20)/t12-,13+,16-/m0/s1. The number of rotatable bonds is 2. The van der Waals surface area contributed by atoms with Crippen molar-refractivity contribution in [1.29, 1.82) is 0 Å². The molecule has 0 unspecified atom stereocenters. The molecule has 3 atom stereocenters. The van der Waals surface area contributed by atoms with Crippen molar-refractivity contribution in [2.24, 2.45) is 11.8 Å². The predicted octanol–water partition coefficient (Wildman–Crippen LogP) is 2.01. The summed E-state index contributed by atoms with van der Waals surface area (Å²) in [6, 6.07) is 2.22. The monoisotopic (exact) mass is 330 g/mol. The summed E-state index contributed by atoms with van der Waals surface area (Å²) in [6.45, 7) is 6.49. The van der Waals surface area contributed by atoms with E-state index in [1.165, 1.54) is 0 Å². The first-order chi connectivity index (χ1) is 11.5. The fourth-order valence-corrected chi connectivity index (χ4v) is 4.68. The third-order valence-electron chi connectivity index (χ3n) is 5.91. The summed E-state index contributed by atoms with van der Waals surface area (Å²) in [5.74, 6) is 1.52. The van der Waals surface area contributed by atoms with E-state index in [2.05, 4.69) is 28.9 Å². The molecule has 2 bridgehead atoms. The molecule has 1 aromatic rings. The molecule has 0 spiro atoms. The molecule has 4 heterocycles. The lowest BCUT2D eigenvalue weighted by atomic mass is 9.76. The molecule has 6 heteroatoms. The minimum Gasteiger partial charge on any atom is -0.339 e.